The van der Waals surface area contributed by atoms with Crippen molar-refractivity contribution in [3.8, 4) is 0 Å². The standard InChI is InChI=1S/C10H12N4O2/c15-9-6-3-1-2-4-8(6)16-5-7(9)10-11-13-14-12-10/h5-6,8H,1-4H2,(H,11,12,13,14). The van der Waals surface area contributed by atoms with Crippen LogP contribution in [0.15, 0.2) is 6.26 Å². The number of aromatic nitrogens is 4. The molecule has 1 aliphatic carbocycles. The number of allylic oxidation sites excluding steroid dienone is 1. The molecule has 84 valence electrons. The van der Waals surface area contributed by atoms with E-state index in [1.807, 2.05) is 0 Å². The number of ether oxygens (including phenoxy) is 1. The van der Waals surface area contributed by atoms with Crippen LogP contribution in [0.1, 0.15) is 31.5 Å². The van der Waals surface area contributed by atoms with Gasteiger partial charge in [0.25, 0.3) is 0 Å². The van der Waals surface area contributed by atoms with Crippen LogP contribution < -0.4 is 0 Å². The van der Waals surface area contributed by atoms with Crippen molar-refractivity contribution in [2.45, 2.75) is 31.8 Å². The van der Waals surface area contributed by atoms with E-state index in [-0.39, 0.29) is 17.8 Å². The topological polar surface area (TPSA) is 80.8 Å². The second-order valence-electron chi connectivity index (χ2n) is 4.20. The zero-order chi connectivity index (χ0) is 11.0. The molecule has 0 saturated heterocycles. The highest BCUT2D eigenvalue weighted by atomic mass is 16.5. The highest BCUT2D eigenvalue weighted by molar-refractivity contribution is 6.21. The smallest absolute Gasteiger partial charge is 0.211 e. The van der Waals surface area contributed by atoms with Crippen LogP contribution in [-0.2, 0) is 9.53 Å². The van der Waals surface area contributed by atoms with Gasteiger partial charge in [-0.1, -0.05) is 6.42 Å². The normalized spacial score (nSPS) is 29.2. The molecule has 0 amide bonds. The number of rotatable bonds is 1. The summed E-state index contributed by atoms with van der Waals surface area (Å²) in [7, 11) is 0. The van der Waals surface area contributed by atoms with Crippen molar-refractivity contribution >= 4 is 11.4 Å². The van der Waals surface area contributed by atoms with Crippen molar-refractivity contribution in [2.24, 2.45) is 5.92 Å². The lowest BCUT2D eigenvalue weighted by Gasteiger charge is -2.33. The van der Waals surface area contributed by atoms with Gasteiger partial charge in [-0.15, -0.1) is 10.2 Å². The Labute approximate surface area is 92.1 Å². The Morgan fingerprint density at radius 1 is 1.38 bits per heavy atom. The van der Waals surface area contributed by atoms with E-state index in [0.29, 0.717) is 11.4 Å². The van der Waals surface area contributed by atoms with Gasteiger partial charge in [0.05, 0.1) is 12.2 Å². The summed E-state index contributed by atoms with van der Waals surface area (Å²) in [6.07, 6.45) is 5.64. The van der Waals surface area contributed by atoms with Crippen LogP contribution in [0, 0.1) is 5.92 Å². The third-order valence-corrected chi connectivity index (χ3v) is 3.25. The number of tetrazole rings is 1. The van der Waals surface area contributed by atoms with Crippen molar-refractivity contribution in [3.05, 3.63) is 12.1 Å². The molecule has 0 spiro atoms. The average Bonchev–Trinajstić information content (AvgIpc) is 2.83. The Morgan fingerprint density at radius 3 is 3.06 bits per heavy atom. The second-order valence-corrected chi connectivity index (χ2v) is 4.20. The minimum absolute atomic E-state index is 0.0211. The van der Waals surface area contributed by atoms with E-state index < -0.39 is 0 Å². The molecule has 0 bridgehead atoms. The lowest BCUT2D eigenvalue weighted by atomic mass is 9.80. The number of hydrogen-bond donors (Lipinski definition) is 1. The summed E-state index contributed by atoms with van der Waals surface area (Å²) in [5.74, 6) is 0.402. The molecule has 1 aliphatic heterocycles. The van der Waals surface area contributed by atoms with Gasteiger partial charge in [-0.2, -0.15) is 5.21 Å². The molecule has 2 heterocycles. The predicted molar refractivity (Wildman–Crippen MR) is 54.0 cm³/mol. The van der Waals surface area contributed by atoms with Crippen LogP contribution in [0.4, 0.5) is 0 Å². The third-order valence-electron chi connectivity index (χ3n) is 3.25. The molecule has 2 atom stereocenters. The number of fused-ring (bicyclic) bond motifs is 1. The van der Waals surface area contributed by atoms with Crippen molar-refractivity contribution < 1.29 is 9.53 Å². The SMILES string of the molecule is O=C1C(c2nn[nH]n2)=COC2CCCCC12. The average molecular weight is 220 g/mol. The summed E-state index contributed by atoms with van der Waals surface area (Å²) in [4.78, 5) is 12.2. The zero-order valence-electron chi connectivity index (χ0n) is 8.72. The monoisotopic (exact) mass is 220 g/mol. The zero-order valence-corrected chi connectivity index (χ0v) is 8.72. The number of nitrogens with one attached hydrogen (secondary N) is 1. The maximum absolute atomic E-state index is 12.2. The number of H-pyrrole nitrogens is 1. The summed E-state index contributed by atoms with van der Waals surface area (Å²) in [6, 6.07) is 0. The van der Waals surface area contributed by atoms with Crippen molar-refractivity contribution in [2.75, 3.05) is 0 Å². The molecule has 0 radical (unpaired) electrons. The molecular formula is C10H12N4O2. The van der Waals surface area contributed by atoms with Gasteiger partial charge in [0.15, 0.2) is 5.78 Å². The van der Waals surface area contributed by atoms with Gasteiger partial charge >= 0.3 is 0 Å². The number of Topliss-reactive ketones (excluding diaryl/α,β-unsaturated/α-hetero) is 1. The van der Waals surface area contributed by atoms with E-state index in [1.165, 1.54) is 6.26 Å². The van der Waals surface area contributed by atoms with Crippen molar-refractivity contribution in [1.29, 1.82) is 0 Å². The lowest BCUT2D eigenvalue weighted by Crippen LogP contribution is -2.36. The summed E-state index contributed by atoms with van der Waals surface area (Å²) in [5, 5.41) is 13.4. The summed E-state index contributed by atoms with van der Waals surface area (Å²) in [6.45, 7) is 0. The quantitative estimate of drug-likeness (QED) is 0.753. The number of carbonyl (C=O) groups excluding carboxylic acids is 1. The first-order valence-electron chi connectivity index (χ1n) is 5.50. The van der Waals surface area contributed by atoms with Crippen molar-refractivity contribution in [3.63, 3.8) is 0 Å². The highest BCUT2D eigenvalue weighted by Crippen LogP contribution is 2.34. The molecule has 1 aromatic heterocycles. The van der Waals surface area contributed by atoms with E-state index >= 15 is 0 Å². The molecule has 2 unspecified atom stereocenters. The van der Waals surface area contributed by atoms with Gasteiger partial charge in [-0.3, -0.25) is 4.79 Å². The molecule has 6 nitrogen and oxygen atoms in total. The first-order valence-corrected chi connectivity index (χ1v) is 5.50. The van der Waals surface area contributed by atoms with Crippen molar-refractivity contribution in [1.82, 2.24) is 20.6 Å². The number of nitrogens with zero attached hydrogens (tertiary/aromatic N) is 3. The summed E-state index contributed by atoms with van der Waals surface area (Å²) >= 11 is 0. The van der Waals surface area contributed by atoms with Gasteiger partial charge in [0.1, 0.15) is 11.7 Å². The molecule has 6 heteroatoms. The van der Waals surface area contributed by atoms with Crippen LogP contribution >= 0.6 is 0 Å². The predicted octanol–water partition coefficient (Wildman–Crippen LogP) is 0.699. The van der Waals surface area contributed by atoms with Gasteiger partial charge in [0.2, 0.25) is 5.82 Å². The Kier molecular flexibility index (Phi) is 2.19. The Balaban J connectivity index is 1.91. The minimum Gasteiger partial charge on any atom is -0.496 e. The number of ketones is 1. The fourth-order valence-corrected chi connectivity index (χ4v) is 2.41. The van der Waals surface area contributed by atoms with Crippen LogP contribution in [0.5, 0.6) is 0 Å². The van der Waals surface area contributed by atoms with E-state index in [1.54, 1.807) is 0 Å². The molecular weight excluding hydrogens is 208 g/mol. The third kappa shape index (κ3) is 1.41. The summed E-state index contributed by atoms with van der Waals surface area (Å²) in [5.41, 5.74) is 0.442. The fourth-order valence-electron chi connectivity index (χ4n) is 2.41. The Hall–Kier alpha value is -1.72. The molecule has 1 fully saturated rings. The number of aromatic amines is 1. The molecule has 1 saturated carbocycles. The molecule has 1 aromatic rings. The van der Waals surface area contributed by atoms with Gasteiger partial charge in [-0.25, -0.2) is 0 Å². The number of hydrogen-bond acceptors (Lipinski definition) is 5. The number of carbonyl (C=O) groups is 1. The van der Waals surface area contributed by atoms with Crippen LogP contribution in [-0.4, -0.2) is 32.5 Å². The maximum Gasteiger partial charge on any atom is 0.211 e. The minimum atomic E-state index is -0.0211. The second kappa shape index (κ2) is 3.70. The van der Waals surface area contributed by atoms with Crippen LogP contribution in [0.25, 0.3) is 5.57 Å². The molecule has 3 rings (SSSR count). The Bertz CT molecular complexity index is 426. The van der Waals surface area contributed by atoms with E-state index in [0.717, 1.165) is 25.7 Å². The fraction of sp³-hybridized carbons (Fsp3) is 0.600. The molecule has 1 N–H and O–H groups in total. The van der Waals surface area contributed by atoms with Crippen LogP contribution in [0.3, 0.4) is 0 Å². The Morgan fingerprint density at radius 2 is 2.25 bits per heavy atom. The molecule has 0 aromatic carbocycles. The van der Waals surface area contributed by atoms with Crippen LogP contribution in [0.2, 0.25) is 0 Å². The largest absolute Gasteiger partial charge is 0.496 e. The van der Waals surface area contributed by atoms with E-state index in [9.17, 15) is 4.79 Å². The van der Waals surface area contributed by atoms with E-state index in [4.69, 9.17) is 4.74 Å². The van der Waals surface area contributed by atoms with Gasteiger partial charge in [0, 0.05) is 0 Å². The van der Waals surface area contributed by atoms with Gasteiger partial charge in [-0.05, 0) is 24.5 Å². The maximum atomic E-state index is 12.2. The first kappa shape index (κ1) is 9.50. The summed E-state index contributed by atoms with van der Waals surface area (Å²) < 4.78 is 5.58. The lowest BCUT2D eigenvalue weighted by molar-refractivity contribution is -0.124. The molecule has 2 aliphatic rings. The molecule has 16 heavy (non-hydrogen) atoms. The van der Waals surface area contributed by atoms with E-state index in [2.05, 4.69) is 20.6 Å². The highest BCUT2D eigenvalue weighted by Gasteiger charge is 2.38. The first-order chi connectivity index (χ1) is 7.86. The van der Waals surface area contributed by atoms with Gasteiger partial charge < -0.3 is 4.74 Å².